The van der Waals surface area contributed by atoms with Crippen molar-refractivity contribution in [3.05, 3.63) is 76.2 Å². The van der Waals surface area contributed by atoms with Crippen LogP contribution >= 0.6 is 23.2 Å². The third-order valence-electron chi connectivity index (χ3n) is 4.20. The van der Waals surface area contributed by atoms with Gasteiger partial charge in [-0.25, -0.2) is 4.98 Å². The number of imidazole rings is 1. The SMILES string of the molecule is CC(N)c1c(-c2ccc(Cl)cc2Cl)ncn1CCCc1ccccc1. The molecule has 0 fully saturated rings. The molecule has 0 saturated carbocycles. The monoisotopic (exact) mass is 373 g/mol. The Morgan fingerprint density at radius 2 is 1.88 bits per heavy atom. The third-order valence-corrected chi connectivity index (χ3v) is 4.75. The molecule has 3 rings (SSSR count). The number of aromatic nitrogens is 2. The Labute approximate surface area is 158 Å². The second-order valence-electron chi connectivity index (χ2n) is 6.17. The molecule has 0 aliphatic carbocycles. The molecular formula is C20H21Cl2N3. The lowest BCUT2D eigenvalue weighted by Gasteiger charge is -2.14. The Morgan fingerprint density at radius 3 is 2.56 bits per heavy atom. The molecule has 0 amide bonds. The number of nitrogens with zero attached hydrogens (tertiary/aromatic N) is 2. The van der Waals surface area contributed by atoms with E-state index in [-0.39, 0.29) is 6.04 Å². The molecule has 2 aromatic carbocycles. The number of hydrogen-bond donors (Lipinski definition) is 1. The van der Waals surface area contributed by atoms with Crippen molar-refractivity contribution < 1.29 is 0 Å². The van der Waals surface area contributed by atoms with Crippen LogP contribution in [0.15, 0.2) is 54.9 Å². The zero-order valence-electron chi connectivity index (χ0n) is 14.1. The quantitative estimate of drug-likeness (QED) is 0.618. The summed E-state index contributed by atoms with van der Waals surface area (Å²) in [6.07, 6.45) is 3.90. The number of halogens is 2. The van der Waals surface area contributed by atoms with Crippen LogP contribution in [-0.4, -0.2) is 9.55 Å². The number of nitrogens with two attached hydrogens (primary N) is 1. The predicted molar refractivity (Wildman–Crippen MR) is 105 cm³/mol. The van der Waals surface area contributed by atoms with Crippen LogP contribution in [0.3, 0.4) is 0 Å². The summed E-state index contributed by atoms with van der Waals surface area (Å²) in [6.45, 7) is 2.84. The summed E-state index contributed by atoms with van der Waals surface area (Å²) in [4.78, 5) is 4.58. The van der Waals surface area contributed by atoms with Gasteiger partial charge in [-0.3, -0.25) is 0 Å². The zero-order valence-corrected chi connectivity index (χ0v) is 15.6. The summed E-state index contributed by atoms with van der Waals surface area (Å²) in [5.74, 6) is 0. The highest BCUT2D eigenvalue weighted by Crippen LogP contribution is 2.33. The maximum Gasteiger partial charge on any atom is 0.0956 e. The lowest BCUT2D eigenvalue weighted by atomic mass is 10.1. The minimum atomic E-state index is -0.138. The van der Waals surface area contributed by atoms with E-state index >= 15 is 0 Å². The van der Waals surface area contributed by atoms with E-state index in [9.17, 15) is 0 Å². The molecule has 1 unspecified atom stereocenters. The van der Waals surface area contributed by atoms with Crippen LogP contribution in [-0.2, 0) is 13.0 Å². The zero-order chi connectivity index (χ0) is 17.8. The van der Waals surface area contributed by atoms with Gasteiger partial charge in [-0.2, -0.15) is 0 Å². The summed E-state index contributed by atoms with van der Waals surface area (Å²) in [6, 6.07) is 15.8. The molecule has 1 atom stereocenters. The van der Waals surface area contributed by atoms with Gasteiger partial charge in [-0.05, 0) is 43.5 Å². The van der Waals surface area contributed by atoms with Crippen LogP contribution in [0.25, 0.3) is 11.3 Å². The van der Waals surface area contributed by atoms with Crippen LogP contribution in [0, 0.1) is 0 Å². The summed E-state index contributed by atoms with van der Waals surface area (Å²) in [5.41, 5.74) is 10.3. The molecule has 0 bridgehead atoms. The maximum absolute atomic E-state index is 6.36. The largest absolute Gasteiger partial charge is 0.333 e. The molecule has 2 N–H and O–H groups in total. The first-order valence-electron chi connectivity index (χ1n) is 8.36. The minimum Gasteiger partial charge on any atom is -0.333 e. The van der Waals surface area contributed by atoms with E-state index in [4.69, 9.17) is 28.9 Å². The van der Waals surface area contributed by atoms with Gasteiger partial charge < -0.3 is 10.3 Å². The normalized spacial score (nSPS) is 12.3. The first kappa shape index (κ1) is 18.0. The molecule has 0 spiro atoms. The van der Waals surface area contributed by atoms with Crippen molar-refractivity contribution in [2.45, 2.75) is 32.4 Å². The molecule has 3 nitrogen and oxygen atoms in total. The predicted octanol–water partition coefficient (Wildman–Crippen LogP) is 5.51. The number of benzene rings is 2. The lowest BCUT2D eigenvalue weighted by molar-refractivity contribution is 0.593. The van der Waals surface area contributed by atoms with Gasteiger partial charge in [0.05, 0.1) is 22.7 Å². The first-order valence-corrected chi connectivity index (χ1v) is 9.12. The van der Waals surface area contributed by atoms with E-state index in [1.54, 1.807) is 6.07 Å². The molecule has 0 radical (unpaired) electrons. The Kier molecular flexibility index (Phi) is 5.79. The minimum absolute atomic E-state index is 0.138. The van der Waals surface area contributed by atoms with Gasteiger partial charge in [0, 0.05) is 23.2 Å². The van der Waals surface area contributed by atoms with Crippen molar-refractivity contribution in [1.29, 1.82) is 0 Å². The summed E-state index contributed by atoms with van der Waals surface area (Å²) >= 11 is 12.4. The van der Waals surface area contributed by atoms with Crippen molar-refractivity contribution >= 4 is 23.2 Å². The molecule has 130 valence electrons. The highest BCUT2D eigenvalue weighted by Gasteiger charge is 2.18. The molecule has 0 aliphatic heterocycles. The Hall–Kier alpha value is -1.81. The summed E-state index contributed by atoms with van der Waals surface area (Å²) in [7, 11) is 0. The highest BCUT2D eigenvalue weighted by atomic mass is 35.5. The Morgan fingerprint density at radius 1 is 1.12 bits per heavy atom. The van der Waals surface area contributed by atoms with Crippen molar-refractivity contribution in [3.63, 3.8) is 0 Å². The Bertz CT molecular complexity index is 841. The molecule has 0 saturated heterocycles. The second-order valence-corrected chi connectivity index (χ2v) is 7.02. The number of aryl methyl sites for hydroxylation is 2. The Balaban J connectivity index is 1.82. The van der Waals surface area contributed by atoms with Gasteiger partial charge in [0.2, 0.25) is 0 Å². The summed E-state index contributed by atoms with van der Waals surface area (Å²) in [5, 5.41) is 1.20. The van der Waals surface area contributed by atoms with E-state index in [2.05, 4.69) is 33.8 Å². The van der Waals surface area contributed by atoms with Gasteiger partial charge >= 0.3 is 0 Å². The van der Waals surface area contributed by atoms with E-state index < -0.39 is 0 Å². The van der Waals surface area contributed by atoms with E-state index in [0.29, 0.717) is 10.0 Å². The summed E-state index contributed by atoms with van der Waals surface area (Å²) < 4.78 is 2.13. The fourth-order valence-electron chi connectivity index (χ4n) is 3.03. The highest BCUT2D eigenvalue weighted by molar-refractivity contribution is 6.36. The fourth-order valence-corrected chi connectivity index (χ4v) is 3.53. The number of hydrogen-bond acceptors (Lipinski definition) is 2. The standard InChI is InChI=1S/C20H21Cl2N3/c1-14(23)20-19(17-10-9-16(21)12-18(17)22)24-13-25(20)11-5-8-15-6-3-2-4-7-15/h2-4,6-7,9-10,12-14H,5,8,11,23H2,1H3. The van der Waals surface area contributed by atoms with Crippen molar-refractivity contribution in [1.82, 2.24) is 9.55 Å². The average molecular weight is 374 g/mol. The van der Waals surface area contributed by atoms with E-state index in [1.807, 2.05) is 31.5 Å². The topological polar surface area (TPSA) is 43.8 Å². The van der Waals surface area contributed by atoms with Crippen molar-refractivity contribution in [2.75, 3.05) is 0 Å². The van der Waals surface area contributed by atoms with Crippen LogP contribution in [0.2, 0.25) is 10.0 Å². The first-order chi connectivity index (χ1) is 12.1. The molecule has 0 aliphatic rings. The van der Waals surface area contributed by atoms with Crippen molar-refractivity contribution in [2.24, 2.45) is 5.73 Å². The number of rotatable bonds is 6. The third kappa shape index (κ3) is 4.24. The molecule has 25 heavy (non-hydrogen) atoms. The second kappa shape index (κ2) is 8.05. The molecule has 3 aromatic rings. The molecular weight excluding hydrogens is 353 g/mol. The van der Waals surface area contributed by atoms with Crippen LogP contribution in [0.1, 0.15) is 30.6 Å². The molecule has 5 heteroatoms. The van der Waals surface area contributed by atoms with Gasteiger partial charge in [0.15, 0.2) is 0 Å². The molecule has 1 aromatic heterocycles. The van der Waals surface area contributed by atoms with Gasteiger partial charge in [-0.1, -0.05) is 53.5 Å². The average Bonchev–Trinajstić information content (AvgIpc) is 3.00. The lowest BCUT2D eigenvalue weighted by Crippen LogP contribution is -2.13. The fraction of sp³-hybridized carbons (Fsp3) is 0.250. The van der Waals surface area contributed by atoms with E-state index in [1.165, 1.54) is 5.56 Å². The van der Waals surface area contributed by atoms with Crippen LogP contribution < -0.4 is 5.73 Å². The van der Waals surface area contributed by atoms with Crippen LogP contribution in [0.5, 0.6) is 0 Å². The van der Waals surface area contributed by atoms with Gasteiger partial charge in [-0.15, -0.1) is 0 Å². The molecule has 1 heterocycles. The van der Waals surface area contributed by atoms with E-state index in [0.717, 1.165) is 36.3 Å². The van der Waals surface area contributed by atoms with Crippen LogP contribution in [0.4, 0.5) is 0 Å². The smallest absolute Gasteiger partial charge is 0.0956 e. The van der Waals surface area contributed by atoms with Gasteiger partial charge in [0.1, 0.15) is 0 Å². The van der Waals surface area contributed by atoms with Gasteiger partial charge in [0.25, 0.3) is 0 Å². The van der Waals surface area contributed by atoms with Crippen molar-refractivity contribution in [3.8, 4) is 11.3 Å². The maximum atomic E-state index is 6.36.